The Morgan fingerprint density at radius 1 is 1.43 bits per heavy atom. The molecule has 2 rings (SSSR count). The predicted molar refractivity (Wildman–Crippen MR) is 52.2 cm³/mol. The molecule has 14 heavy (non-hydrogen) atoms. The summed E-state index contributed by atoms with van der Waals surface area (Å²) >= 11 is 0. The summed E-state index contributed by atoms with van der Waals surface area (Å²) in [5, 5.41) is 8.08. The summed E-state index contributed by atoms with van der Waals surface area (Å²) in [5.41, 5.74) is 9.08. The quantitative estimate of drug-likeness (QED) is 0.726. The first-order chi connectivity index (χ1) is 6.81. The fourth-order valence-corrected chi connectivity index (χ4v) is 1.23. The third kappa shape index (κ3) is 1.49. The average molecular weight is 189 g/mol. The molecule has 0 aromatic carbocycles. The lowest BCUT2D eigenvalue weighted by Gasteiger charge is -2.02. The van der Waals surface area contributed by atoms with Crippen LogP contribution in [0.5, 0.6) is 0 Å². The van der Waals surface area contributed by atoms with Crippen molar-refractivity contribution < 1.29 is 0 Å². The number of nitrogens with zero attached hydrogens (tertiary/aromatic N) is 3. The Morgan fingerprint density at radius 3 is 2.93 bits per heavy atom. The smallest absolute Gasteiger partial charge is 0.111 e. The van der Waals surface area contributed by atoms with Gasteiger partial charge in [-0.05, 0) is 18.6 Å². The van der Waals surface area contributed by atoms with E-state index in [1.165, 1.54) is 0 Å². The van der Waals surface area contributed by atoms with Gasteiger partial charge in [0, 0.05) is 6.54 Å². The van der Waals surface area contributed by atoms with Crippen LogP contribution in [0.4, 0.5) is 0 Å². The molecular formula is C9H11N5. The van der Waals surface area contributed by atoms with E-state index in [-0.39, 0.29) is 0 Å². The second kappa shape index (κ2) is 3.55. The minimum atomic E-state index is 0.475. The molecule has 5 heteroatoms. The third-order valence-corrected chi connectivity index (χ3v) is 2.08. The Morgan fingerprint density at radius 2 is 2.29 bits per heavy atom. The minimum Gasteiger partial charge on any atom is -0.343 e. The zero-order valence-electron chi connectivity index (χ0n) is 7.86. The van der Waals surface area contributed by atoms with Gasteiger partial charge in [0.25, 0.3) is 0 Å². The molecule has 2 aromatic heterocycles. The first-order valence-electron chi connectivity index (χ1n) is 4.33. The minimum absolute atomic E-state index is 0.475. The number of nitrogens with one attached hydrogen (secondary N) is 1. The van der Waals surface area contributed by atoms with Crippen LogP contribution in [0.1, 0.15) is 11.3 Å². The topological polar surface area (TPSA) is 80.5 Å². The van der Waals surface area contributed by atoms with E-state index in [9.17, 15) is 0 Å². The van der Waals surface area contributed by atoms with Crippen molar-refractivity contribution in [3.05, 3.63) is 29.8 Å². The molecule has 0 spiro atoms. The van der Waals surface area contributed by atoms with Gasteiger partial charge >= 0.3 is 0 Å². The molecule has 2 aromatic rings. The van der Waals surface area contributed by atoms with Gasteiger partial charge in [0.15, 0.2) is 0 Å². The van der Waals surface area contributed by atoms with Crippen LogP contribution in [0.3, 0.4) is 0 Å². The van der Waals surface area contributed by atoms with Crippen LogP contribution < -0.4 is 5.73 Å². The van der Waals surface area contributed by atoms with Gasteiger partial charge in [-0.25, -0.2) is 4.98 Å². The molecule has 0 unspecified atom stereocenters. The van der Waals surface area contributed by atoms with Crippen LogP contribution in [0.15, 0.2) is 18.6 Å². The van der Waals surface area contributed by atoms with E-state index < -0.39 is 0 Å². The zero-order valence-corrected chi connectivity index (χ0v) is 7.86. The average Bonchev–Trinajstić information content (AvgIpc) is 2.71. The summed E-state index contributed by atoms with van der Waals surface area (Å²) in [6.45, 7) is 2.37. The Labute approximate surface area is 81.4 Å². The highest BCUT2D eigenvalue weighted by atomic mass is 15.1. The van der Waals surface area contributed by atoms with Crippen molar-refractivity contribution in [3.8, 4) is 11.4 Å². The lowest BCUT2D eigenvalue weighted by atomic mass is 10.2. The van der Waals surface area contributed by atoms with Crippen LogP contribution in [0.2, 0.25) is 0 Å². The Bertz CT molecular complexity index is 421. The number of H-pyrrole nitrogens is 1. The summed E-state index contributed by atoms with van der Waals surface area (Å²) < 4.78 is 0. The highest BCUT2D eigenvalue weighted by molar-refractivity contribution is 5.53. The predicted octanol–water partition coefficient (Wildman–Crippen LogP) is 0.634. The number of aryl methyl sites for hydroxylation is 1. The molecule has 0 saturated heterocycles. The molecule has 0 radical (unpaired) electrons. The Balaban J connectivity index is 2.46. The second-order valence-electron chi connectivity index (χ2n) is 3.01. The van der Waals surface area contributed by atoms with Crippen LogP contribution in [-0.2, 0) is 6.54 Å². The summed E-state index contributed by atoms with van der Waals surface area (Å²) in [6, 6.07) is 1.93. The van der Waals surface area contributed by atoms with Crippen LogP contribution in [0.25, 0.3) is 11.4 Å². The van der Waals surface area contributed by atoms with E-state index in [1.807, 2.05) is 13.0 Å². The SMILES string of the molecule is Cc1nnc(-c2cnc[nH]2)cc1CN. The first-order valence-corrected chi connectivity index (χ1v) is 4.33. The maximum Gasteiger partial charge on any atom is 0.111 e. The highest BCUT2D eigenvalue weighted by Crippen LogP contribution is 2.14. The van der Waals surface area contributed by atoms with E-state index in [0.29, 0.717) is 6.54 Å². The molecule has 5 nitrogen and oxygen atoms in total. The molecule has 0 fully saturated rings. The Hall–Kier alpha value is -1.75. The summed E-state index contributed by atoms with van der Waals surface area (Å²) in [5.74, 6) is 0. The van der Waals surface area contributed by atoms with Crippen molar-refractivity contribution in [2.45, 2.75) is 13.5 Å². The molecule has 0 aliphatic carbocycles. The largest absolute Gasteiger partial charge is 0.343 e. The number of aromatic nitrogens is 4. The number of hydrogen-bond acceptors (Lipinski definition) is 4. The van der Waals surface area contributed by atoms with Gasteiger partial charge in [-0.3, -0.25) is 0 Å². The van der Waals surface area contributed by atoms with E-state index in [4.69, 9.17) is 5.73 Å². The standard InChI is InChI=1S/C9H11N5/c1-6-7(3-10)2-8(14-13-6)9-4-11-5-12-9/h2,4-5H,3,10H2,1H3,(H,11,12). The maximum absolute atomic E-state index is 5.58. The fourth-order valence-electron chi connectivity index (χ4n) is 1.23. The summed E-state index contributed by atoms with van der Waals surface area (Å²) in [4.78, 5) is 6.89. The molecule has 0 amide bonds. The number of imidazole rings is 1. The number of nitrogens with two attached hydrogens (primary N) is 1. The van der Waals surface area contributed by atoms with Gasteiger partial charge in [0.1, 0.15) is 5.69 Å². The van der Waals surface area contributed by atoms with Crippen molar-refractivity contribution in [1.29, 1.82) is 0 Å². The van der Waals surface area contributed by atoms with Crippen LogP contribution in [0, 0.1) is 6.92 Å². The van der Waals surface area contributed by atoms with Gasteiger partial charge in [-0.2, -0.15) is 5.10 Å². The van der Waals surface area contributed by atoms with Gasteiger partial charge in [-0.15, -0.1) is 5.10 Å². The molecule has 72 valence electrons. The molecule has 3 N–H and O–H groups in total. The maximum atomic E-state index is 5.58. The van der Waals surface area contributed by atoms with Crippen molar-refractivity contribution in [2.75, 3.05) is 0 Å². The zero-order chi connectivity index (χ0) is 9.97. The van der Waals surface area contributed by atoms with Gasteiger partial charge in [-0.1, -0.05) is 0 Å². The van der Waals surface area contributed by atoms with Gasteiger partial charge in [0.05, 0.1) is 23.9 Å². The Kier molecular flexibility index (Phi) is 2.24. The van der Waals surface area contributed by atoms with E-state index in [2.05, 4.69) is 20.2 Å². The van der Waals surface area contributed by atoms with E-state index in [1.54, 1.807) is 12.5 Å². The van der Waals surface area contributed by atoms with Crippen molar-refractivity contribution >= 4 is 0 Å². The van der Waals surface area contributed by atoms with E-state index in [0.717, 1.165) is 22.6 Å². The summed E-state index contributed by atoms with van der Waals surface area (Å²) in [6.07, 6.45) is 3.32. The lowest BCUT2D eigenvalue weighted by molar-refractivity contribution is 0.922. The summed E-state index contributed by atoms with van der Waals surface area (Å²) in [7, 11) is 0. The third-order valence-electron chi connectivity index (χ3n) is 2.08. The second-order valence-corrected chi connectivity index (χ2v) is 3.01. The van der Waals surface area contributed by atoms with E-state index >= 15 is 0 Å². The van der Waals surface area contributed by atoms with Crippen molar-refractivity contribution in [2.24, 2.45) is 5.73 Å². The highest BCUT2D eigenvalue weighted by Gasteiger charge is 2.04. The monoisotopic (exact) mass is 189 g/mol. The number of hydrogen-bond donors (Lipinski definition) is 2. The van der Waals surface area contributed by atoms with Gasteiger partial charge in [0.2, 0.25) is 0 Å². The number of aromatic amines is 1. The molecule has 0 bridgehead atoms. The van der Waals surface area contributed by atoms with Crippen LogP contribution >= 0.6 is 0 Å². The molecule has 0 atom stereocenters. The molecule has 0 aliphatic heterocycles. The molecule has 2 heterocycles. The molecule has 0 aliphatic rings. The lowest BCUT2D eigenvalue weighted by Crippen LogP contribution is -2.03. The molecule has 0 saturated carbocycles. The van der Waals surface area contributed by atoms with Crippen LogP contribution in [-0.4, -0.2) is 20.2 Å². The first kappa shape index (κ1) is 8.83. The molecular weight excluding hydrogens is 178 g/mol. The fraction of sp³-hybridized carbons (Fsp3) is 0.222. The normalized spacial score (nSPS) is 10.4. The van der Waals surface area contributed by atoms with Crippen molar-refractivity contribution in [3.63, 3.8) is 0 Å². The number of rotatable bonds is 2. The van der Waals surface area contributed by atoms with Gasteiger partial charge < -0.3 is 10.7 Å². The van der Waals surface area contributed by atoms with Crippen molar-refractivity contribution in [1.82, 2.24) is 20.2 Å².